The largest absolute Gasteiger partial charge is 0.342 e. The molecule has 2 atom stereocenters. The number of hydrogen-bond acceptors (Lipinski definition) is 7. The molecule has 2 heterocycles. The molecule has 158 valence electrons. The second-order valence-electron chi connectivity index (χ2n) is 6.37. The second kappa shape index (κ2) is 10.1. The monoisotopic (exact) mass is 464 g/mol. The van der Waals surface area contributed by atoms with Crippen molar-refractivity contribution in [3.8, 4) is 0 Å². The summed E-state index contributed by atoms with van der Waals surface area (Å²) in [5.41, 5.74) is 0.510. The summed E-state index contributed by atoms with van der Waals surface area (Å²) in [7, 11) is 0. The molecule has 0 spiro atoms. The van der Waals surface area contributed by atoms with Gasteiger partial charge in [0.25, 0.3) is 5.91 Å². The Labute approximate surface area is 187 Å². The van der Waals surface area contributed by atoms with Gasteiger partial charge in [-0.3, -0.25) is 9.59 Å². The SMILES string of the molecule is CCn1c(S[C@@H](C)C(=O)Nc2nccs2)nnc1[C@@H](C)NC(=O)c1ccc(Cl)cc1. The van der Waals surface area contributed by atoms with Crippen molar-refractivity contribution in [1.29, 1.82) is 0 Å². The highest BCUT2D eigenvalue weighted by molar-refractivity contribution is 8.00. The average molecular weight is 465 g/mol. The molecule has 8 nitrogen and oxygen atoms in total. The summed E-state index contributed by atoms with van der Waals surface area (Å²) in [6.07, 6.45) is 1.64. The molecule has 3 aromatic rings. The number of nitrogens with one attached hydrogen (secondary N) is 2. The van der Waals surface area contributed by atoms with Gasteiger partial charge in [-0.15, -0.1) is 21.5 Å². The van der Waals surface area contributed by atoms with Gasteiger partial charge in [-0.2, -0.15) is 0 Å². The van der Waals surface area contributed by atoms with Crippen LogP contribution in [0.3, 0.4) is 0 Å². The fourth-order valence-electron chi connectivity index (χ4n) is 2.65. The van der Waals surface area contributed by atoms with Gasteiger partial charge in [0.05, 0.1) is 11.3 Å². The third-order valence-electron chi connectivity index (χ3n) is 4.22. The third kappa shape index (κ3) is 5.38. The van der Waals surface area contributed by atoms with Crippen molar-refractivity contribution < 1.29 is 9.59 Å². The van der Waals surface area contributed by atoms with Crippen molar-refractivity contribution in [2.24, 2.45) is 0 Å². The molecule has 0 bridgehead atoms. The third-order valence-corrected chi connectivity index (χ3v) is 6.24. The Morgan fingerprint density at radius 1 is 1.23 bits per heavy atom. The average Bonchev–Trinajstić information content (AvgIpc) is 3.37. The predicted molar refractivity (Wildman–Crippen MR) is 119 cm³/mol. The molecule has 11 heteroatoms. The summed E-state index contributed by atoms with van der Waals surface area (Å²) in [5.74, 6) is 0.233. The van der Waals surface area contributed by atoms with Gasteiger partial charge >= 0.3 is 0 Å². The fourth-order valence-corrected chi connectivity index (χ4v) is 4.23. The Morgan fingerprint density at radius 2 is 1.97 bits per heavy atom. The van der Waals surface area contributed by atoms with Crippen LogP contribution in [0.5, 0.6) is 0 Å². The van der Waals surface area contributed by atoms with Gasteiger partial charge in [0.2, 0.25) is 5.91 Å². The summed E-state index contributed by atoms with van der Waals surface area (Å²) in [4.78, 5) is 28.9. The Hall–Kier alpha value is -2.43. The number of thioether (sulfide) groups is 1. The predicted octanol–water partition coefficient (Wildman–Crippen LogP) is 4.02. The first kappa shape index (κ1) is 22.3. The maximum absolute atomic E-state index is 12.5. The van der Waals surface area contributed by atoms with E-state index < -0.39 is 5.25 Å². The van der Waals surface area contributed by atoms with Crippen LogP contribution >= 0.6 is 34.7 Å². The molecule has 0 aliphatic heterocycles. The number of anilines is 1. The first-order valence-electron chi connectivity index (χ1n) is 9.25. The normalized spacial score (nSPS) is 12.9. The number of halogens is 1. The van der Waals surface area contributed by atoms with Crippen molar-refractivity contribution in [2.75, 3.05) is 5.32 Å². The van der Waals surface area contributed by atoms with E-state index in [1.54, 1.807) is 42.8 Å². The molecule has 1 aromatic carbocycles. The molecule has 0 aliphatic rings. The van der Waals surface area contributed by atoms with Crippen LogP contribution in [0.1, 0.15) is 43.0 Å². The number of carbonyl (C=O) groups is 2. The Morgan fingerprint density at radius 3 is 2.60 bits per heavy atom. The number of nitrogens with zero attached hydrogens (tertiary/aromatic N) is 4. The van der Waals surface area contributed by atoms with Crippen LogP contribution in [-0.2, 0) is 11.3 Å². The van der Waals surface area contributed by atoms with Crippen LogP contribution in [0.25, 0.3) is 0 Å². The molecule has 0 fully saturated rings. The summed E-state index contributed by atoms with van der Waals surface area (Å²) >= 11 is 8.55. The minimum Gasteiger partial charge on any atom is -0.342 e. The fraction of sp³-hybridized carbons (Fsp3) is 0.316. The zero-order valence-electron chi connectivity index (χ0n) is 16.6. The standard InChI is InChI=1S/C19H21ClN6O2S2/c1-4-26-15(11(2)22-17(28)13-5-7-14(20)8-6-13)24-25-19(26)30-12(3)16(27)23-18-21-9-10-29-18/h5-12H,4H2,1-3H3,(H,22,28)(H,21,23,27)/t11-,12+/m1/s1. The molecule has 3 rings (SSSR count). The molecule has 0 aliphatic carbocycles. The first-order valence-corrected chi connectivity index (χ1v) is 11.4. The van der Waals surface area contributed by atoms with Crippen molar-refractivity contribution in [1.82, 2.24) is 25.1 Å². The topological polar surface area (TPSA) is 102 Å². The molecule has 2 amide bonds. The Bertz CT molecular complexity index is 1010. The van der Waals surface area contributed by atoms with Crippen molar-refractivity contribution >= 4 is 51.6 Å². The molecule has 0 unspecified atom stereocenters. The highest BCUT2D eigenvalue weighted by Gasteiger charge is 2.23. The van der Waals surface area contributed by atoms with E-state index in [2.05, 4.69) is 25.8 Å². The summed E-state index contributed by atoms with van der Waals surface area (Å²) in [6.45, 7) is 6.21. The summed E-state index contributed by atoms with van der Waals surface area (Å²) < 4.78 is 1.89. The lowest BCUT2D eigenvalue weighted by Crippen LogP contribution is -2.29. The number of hydrogen-bond donors (Lipinski definition) is 2. The number of rotatable bonds is 8. The molecule has 0 radical (unpaired) electrons. The first-order chi connectivity index (χ1) is 14.4. The van der Waals surface area contributed by atoms with Gasteiger partial charge in [-0.25, -0.2) is 4.98 Å². The van der Waals surface area contributed by atoms with E-state index in [1.165, 1.54) is 23.1 Å². The van der Waals surface area contributed by atoms with Gasteiger partial charge in [0.1, 0.15) is 0 Å². The molecular formula is C19H21ClN6O2S2. The lowest BCUT2D eigenvalue weighted by Gasteiger charge is -2.16. The van der Waals surface area contributed by atoms with Crippen molar-refractivity contribution in [3.63, 3.8) is 0 Å². The molecule has 2 aromatic heterocycles. The molecule has 2 N–H and O–H groups in total. The highest BCUT2D eigenvalue weighted by Crippen LogP contribution is 2.26. The van der Waals surface area contributed by atoms with Crippen LogP contribution in [0, 0.1) is 0 Å². The number of thiazole rings is 1. The van der Waals surface area contributed by atoms with Gasteiger partial charge in [-0.1, -0.05) is 23.4 Å². The smallest absolute Gasteiger partial charge is 0.251 e. The molecule has 30 heavy (non-hydrogen) atoms. The van der Waals surface area contributed by atoms with E-state index in [9.17, 15) is 9.59 Å². The van der Waals surface area contributed by atoms with Crippen molar-refractivity contribution in [3.05, 3.63) is 52.3 Å². The van der Waals surface area contributed by atoms with Crippen molar-refractivity contribution in [2.45, 2.75) is 43.8 Å². The quantitative estimate of drug-likeness (QED) is 0.488. The van der Waals surface area contributed by atoms with Gasteiger partial charge in [0, 0.05) is 28.7 Å². The minimum atomic E-state index is -0.393. The maximum Gasteiger partial charge on any atom is 0.251 e. The van der Waals surface area contributed by atoms with E-state index in [0.717, 1.165) is 0 Å². The Kier molecular flexibility index (Phi) is 7.46. The number of aromatic nitrogens is 4. The van der Waals surface area contributed by atoms with Gasteiger partial charge in [0.15, 0.2) is 16.1 Å². The van der Waals surface area contributed by atoms with Gasteiger partial charge in [-0.05, 0) is 45.0 Å². The van der Waals surface area contributed by atoms with Crippen LogP contribution in [0.2, 0.25) is 5.02 Å². The number of benzene rings is 1. The maximum atomic E-state index is 12.5. The van der Waals surface area contributed by atoms with E-state index in [-0.39, 0.29) is 17.9 Å². The zero-order valence-corrected chi connectivity index (χ0v) is 19.0. The molecule has 0 saturated carbocycles. The lowest BCUT2D eigenvalue weighted by atomic mass is 10.2. The van der Waals surface area contributed by atoms with E-state index in [1.807, 2.05) is 18.4 Å². The van der Waals surface area contributed by atoms with E-state index >= 15 is 0 Å². The van der Waals surface area contributed by atoms with Gasteiger partial charge < -0.3 is 15.2 Å². The summed E-state index contributed by atoms with van der Waals surface area (Å²) in [5, 5.41) is 17.3. The van der Waals surface area contributed by atoms with Crippen LogP contribution < -0.4 is 10.6 Å². The summed E-state index contributed by atoms with van der Waals surface area (Å²) in [6, 6.07) is 6.30. The van der Waals surface area contributed by atoms with Crippen LogP contribution in [0.4, 0.5) is 5.13 Å². The van der Waals surface area contributed by atoms with Crippen LogP contribution in [-0.4, -0.2) is 36.8 Å². The highest BCUT2D eigenvalue weighted by atomic mass is 35.5. The molecular weight excluding hydrogens is 444 g/mol. The second-order valence-corrected chi connectivity index (χ2v) is 9.01. The van der Waals surface area contributed by atoms with E-state index in [0.29, 0.717) is 33.2 Å². The zero-order chi connectivity index (χ0) is 21.7. The Balaban J connectivity index is 1.67. The minimum absolute atomic E-state index is 0.161. The number of carbonyl (C=O) groups excluding carboxylic acids is 2. The lowest BCUT2D eigenvalue weighted by molar-refractivity contribution is -0.115. The molecule has 0 saturated heterocycles. The van der Waals surface area contributed by atoms with E-state index in [4.69, 9.17) is 11.6 Å². The van der Waals surface area contributed by atoms with Crippen LogP contribution in [0.15, 0.2) is 41.0 Å². The number of amides is 2.